The summed E-state index contributed by atoms with van der Waals surface area (Å²) >= 11 is 0. The Morgan fingerprint density at radius 3 is 2.56 bits per heavy atom. The van der Waals surface area contributed by atoms with Crippen LogP contribution < -0.4 is 14.9 Å². The van der Waals surface area contributed by atoms with E-state index in [1.165, 1.54) is 12.1 Å². The monoisotopic (exact) mass is 487 g/mol. The molecule has 0 bridgehead atoms. The number of ether oxygens (including phenoxy) is 2. The summed E-state index contributed by atoms with van der Waals surface area (Å²) in [6, 6.07) is 17.9. The van der Waals surface area contributed by atoms with Crippen LogP contribution in [-0.2, 0) is 6.54 Å². The fraction of sp³-hybridized carbons (Fsp3) is 0.241. The van der Waals surface area contributed by atoms with Crippen LogP contribution in [0.5, 0.6) is 11.5 Å². The Labute approximate surface area is 207 Å². The molecular weight excluding hydrogens is 461 g/mol. The molecule has 1 atom stereocenters. The lowest BCUT2D eigenvalue weighted by Gasteiger charge is -2.26. The van der Waals surface area contributed by atoms with Gasteiger partial charge in [0.2, 0.25) is 5.76 Å². The van der Waals surface area contributed by atoms with E-state index in [0.717, 1.165) is 24.5 Å². The van der Waals surface area contributed by atoms with E-state index in [-0.39, 0.29) is 28.8 Å². The fourth-order valence-electron chi connectivity index (χ4n) is 4.58. The molecule has 5 rings (SSSR count). The van der Waals surface area contributed by atoms with Crippen molar-refractivity contribution in [2.45, 2.75) is 32.4 Å². The standard InChI is InChI=1S/C29H26FNO5/c1-3-4-14-35-23-12-10-19(15-24(23)34-2)26-25-27(32)21-16-20(30)11-13-22(21)36-28(25)29(33)31(26)17-18-8-6-5-7-9-18/h5-13,15-16,26H,3-4,14,17H2,1-2H3. The molecular formula is C29H26FNO5. The molecule has 1 aliphatic heterocycles. The Kier molecular flexibility index (Phi) is 6.46. The van der Waals surface area contributed by atoms with Crippen LogP contribution >= 0.6 is 0 Å². The van der Waals surface area contributed by atoms with E-state index in [1.807, 2.05) is 36.4 Å². The molecule has 1 aromatic heterocycles. The zero-order valence-electron chi connectivity index (χ0n) is 20.1. The third-order valence-corrected chi connectivity index (χ3v) is 6.38. The van der Waals surface area contributed by atoms with Crippen molar-refractivity contribution in [3.05, 3.63) is 105 Å². The number of amides is 1. The number of carbonyl (C=O) groups excluding carboxylic acids is 1. The van der Waals surface area contributed by atoms with E-state index in [1.54, 1.807) is 24.1 Å². The van der Waals surface area contributed by atoms with E-state index >= 15 is 0 Å². The quantitative estimate of drug-likeness (QED) is 0.291. The maximum Gasteiger partial charge on any atom is 0.291 e. The maximum atomic E-state index is 14.0. The van der Waals surface area contributed by atoms with Crippen molar-refractivity contribution >= 4 is 16.9 Å². The van der Waals surface area contributed by atoms with Crippen LogP contribution in [0, 0.1) is 5.82 Å². The van der Waals surface area contributed by atoms with Crippen molar-refractivity contribution in [2.75, 3.05) is 13.7 Å². The molecule has 1 unspecified atom stereocenters. The van der Waals surface area contributed by atoms with Gasteiger partial charge in [0.25, 0.3) is 5.91 Å². The molecule has 0 spiro atoms. The van der Waals surface area contributed by atoms with Gasteiger partial charge in [-0.3, -0.25) is 9.59 Å². The van der Waals surface area contributed by atoms with Crippen LogP contribution in [0.4, 0.5) is 4.39 Å². The lowest BCUT2D eigenvalue weighted by Crippen LogP contribution is -2.29. The zero-order chi connectivity index (χ0) is 25.2. The Bertz CT molecular complexity index is 1480. The summed E-state index contributed by atoms with van der Waals surface area (Å²) in [5, 5.41) is 0.0968. The predicted molar refractivity (Wildman–Crippen MR) is 134 cm³/mol. The molecule has 4 aromatic rings. The zero-order valence-corrected chi connectivity index (χ0v) is 20.1. The van der Waals surface area contributed by atoms with Crippen molar-refractivity contribution in [3.63, 3.8) is 0 Å². The van der Waals surface area contributed by atoms with Gasteiger partial charge in [0, 0.05) is 6.54 Å². The number of hydrogen-bond acceptors (Lipinski definition) is 5. The third kappa shape index (κ3) is 4.21. The molecule has 0 N–H and O–H groups in total. The van der Waals surface area contributed by atoms with E-state index in [2.05, 4.69) is 6.92 Å². The first kappa shape index (κ1) is 23.6. The van der Waals surface area contributed by atoms with Crippen molar-refractivity contribution in [1.82, 2.24) is 4.90 Å². The van der Waals surface area contributed by atoms with E-state index in [4.69, 9.17) is 13.9 Å². The van der Waals surface area contributed by atoms with Gasteiger partial charge in [-0.25, -0.2) is 4.39 Å². The maximum absolute atomic E-state index is 14.0. The molecule has 36 heavy (non-hydrogen) atoms. The van der Waals surface area contributed by atoms with Crippen LogP contribution in [0.3, 0.4) is 0 Å². The molecule has 0 saturated carbocycles. The number of hydrogen-bond donors (Lipinski definition) is 0. The van der Waals surface area contributed by atoms with Crippen molar-refractivity contribution in [1.29, 1.82) is 0 Å². The highest BCUT2D eigenvalue weighted by molar-refractivity contribution is 5.99. The largest absolute Gasteiger partial charge is 0.493 e. The predicted octanol–water partition coefficient (Wildman–Crippen LogP) is 5.87. The minimum Gasteiger partial charge on any atom is -0.493 e. The minimum atomic E-state index is -0.741. The molecule has 0 saturated heterocycles. The average molecular weight is 488 g/mol. The average Bonchev–Trinajstić information content (AvgIpc) is 3.17. The molecule has 7 heteroatoms. The van der Waals surface area contributed by atoms with Crippen LogP contribution in [0.2, 0.25) is 0 Å². The Hall–Kier alpha value is -4.13. The van der Waals surface area contributed by atoms with Gasteiger partial charge in [-0.15, -0.1) is 0 Å². The first-order valence-electron chi connectivity index (χ1n) is 11.9. The number of nitrogens with zero attached hydrogens (tertiary/aromatic N) is 1. The second kappa shape index (κ2) is 9.85. The molecule has 2 heterocycles. The Balaban J connectivity index is 1.66. The number of methoxy groups -OCH3 is 1. The Morgan fingerprint density at radius 1 is 1.00 bits per heavy atom. The van der Waals surface area contributed by atoms with Gasteiger partial charge in [0.1, 0.15) is 11.4 Å². The summed E-state index contributed by atoms with van der Waals surface area (Å²) in [6.07, 6.45) is 1.91. The fourth-order valence-corrected chi connectivity index (χ4v) is 4.58. The SMILES string of the molecule is CCCCOc1ccc(C2c3c(oc4ccc(F)cc4c3=O)C(=O)N2Cc2ccccc2)cc1OC. The van der Waals surface area contributed by atoms with E-state index < -0.39 is 23.2 Å². The highest BCUT2D eigenvalue weighted by atomic mass is 19.1. The highest BCUT2D eigenvalue weighted by Gasteiger charge is 2.43. The summed E-state index contributed by atoms with van der Waals surface area (Å²) in [6.45, 7) is 2.90. The summed E-state index contributed by atoms with van der Waals surface area (Å²) in [5.74, 6) is 0.112. The second-order valence-electron chi connectivity index (χ2n) is 8.75. The first-order chi connectivity index (χ1) is 17.5. The molecule has 0 radical (unpaired) electrons. The van der Waals surface area contributed by atoms with Gasteiger partial charge in [-0.1, -0.05) is 49.7 Å². The van der Waals surface area contributed by atoms with Crippen LogP contribution in [0.1, 0.15) is 53.1 Å². The normalized spacial score (nSPS) is 14.8. The van der Waals surface area contributed by atoms with Gasteiger partial charge in [-0.2, -0.15) is 0 Å². The smallest absolute Gasteiger partial charge is 0.291 e. The lowest BCUT2D eigenvalue weighted by atomic mass is 9.97. The van der Waals surface area contributed by atoms with Crippen molar-refractivity contribution in [2.24, 2.45) is 0 Å². The van der Waals surface area contributed by atoms with Crippen LogP contribution in [0.25, 0.3) is 11.0 Å². The molecule has 1 aliphatic rings. The highest BCUT2D eigenvalue weighted by Crippen LogP contribution is 2.41. The van der Waals surface area contributed by atoms with Gasteiger partial charge in [0.05, 0.1) is 30.7 Å². The van der Waals surface area contributed by atoms with Gasteiger partial charge >= 0.3 is 0 Å². The van der Waals surface area contributed by atoms with E-state index in [0.29, 0.717) is 23.7 Å². The Morgan fingerprint density at radius 2 is 1.81 bits per heavy atom. The van der Waals surface area contributed by atoms with Crippen molar-refractivity contribution < 1.29 is 23.1 Å². The number of halogens is 1. The lowest BCUT2D eigenvalue weighted by molar-refractivity contribution is 0.0714. The topological polar surface area (TPSA) is 69.0 Å². The molecule has 6 nitrogen and oxygen atoms in total. The summed E-state index contributed by atoms with van der Waals surface area (Å²) in [7, 11) is 1.55. The molecule has 1 amide bonds. The number of fused-ring (bicyclic) bond motifs is 2. The minimum absolute atomic E-state index is 0.0257. The van der Waals surface area contributed by atoms with Gasteiger partial charge < -0.3 is 18.8 Å². The number of rotatable bonds is 8. The van der Waals surface area contributed by atoms with Crippen LogP contribution in [-0.4, -0.2) is 24.5 Å². The summed E-state index contributed by atoms with van der Waals surface area (Å²) in [5.41, 5.74) is 1.50. The number of unbranched alkanes of at least 4 members (excludes halogenated alkanes) is 1. The van der Waals surface area contributed by atoms with Gasteiger partial charge in [-0.05, 0) is 47.9 Å². The molecule has 0 aliphatic carbocycles. The van der Waals surface area contributed by atoms with Gasteiger partial charge in [0.15, 0.2) is 16.9 Å². The number of carbonyl (C=O) groups is 1. The second-order valence-corrected chi connectivity index (χ2v) is 8.75. The summed E-state index contributed by atoms with van der Waals surface area (Å²) in [4.78, 5) is 28.8. The third-order valence-electron chi connectivity index (χ3n) is 6.38. The number of benzene rings is 3. The molecule has 184 valence electrons. The van der Waals surface area contributed by atoms with E-state index in [9.17, 15) is 14.0 Å². The molecule has 3 aromatic carbocycles. The first-order valence-corrected chi connectivity index (χ1v) is 11.9. The van der Waals surface area contributed by atoms with Crippen molar-refractivity contribution in [3.8, 4) is 11.5 Å². The summed E-state index contributed by atoms with van der Waals surface area (Å²) < 4.78 is 31.4. The molecule has 0 fully saturated rings. The van der Waals surface area contributed by atoms with Crippen LogP contribution in [0.15, 0.2) is 75.9 Å².